The molecule has 0 saturated heterocycles. The monoisotopic (exact) mass is 258 g/mol. The third kappa shape index (κ3) is 4.15. The van der Waals surface area contributed by atoms with Crippen LogP contribution in [0.3, 0.4) is 0 Å². The highest BCUT2D eigenvalue weighted by Crippen LogP contribution is 2.18. The van der Waals surface area contributed by atoms with Crippen LogP contribution in [0.1, 0.15) is 30.1 Å². The average Bonchev–Trinajstić information content (AvgIpc) is 2.20. The molecule has 1 aromatic carbocycles. The van der Waals surface area contributed by atoms with Crippen LogP contribution in [0.25, 0.3) is 0 Å². The van der Waals surface area contributed by atoms with Gasteiger partial charge in [-0.1, -0.05) is 18.5 Å². The zero-order valence-corrected chi connectivity index (χ0v) is 10.00. The molecule has 0 spiro atoms. The second kappa shape index (κ2) is 5.77. The highest BCUT2D eigenvalue weighted by Gasteiger charge is 2.15. The van der Waals surface area contributed by atoms with E-state index in [9.17, 15) is 14.0 Å². The molecule has 0 saturated carbocycles. The van der Waals surface area contributed by atoms with E-state index in [0.717, 1.165) is 6.07 Å². The Labute approximate surface area is 103 Å². The van der Waals surface area contributed by atoms with Gasteiger partial charge < -0.3 is 5.11 Å². The first-order chi connectivity index (χ1) is 7.90. The molecule has 1 aromatic rings. The number of halogens is 2. The lowest BCUT2D eigenvalue weighted by Crippen LogP contribution is -2.10. The van der Waals surface area contributed by atoms with Crippen LogP contribution in [-0.4, -0.2) is 16.9 Å². The van der Waals surface area contributed by atoms with Gasteiger partial charge in [0.1, 0.15) is 5.82 Å². The van der Waals surface area contributed by atoms with Gasteiger partial charge >= 0.3 is 5.97 Å². The summed E-state index contributed by atoms with van der Waals surface area (Å²) in [5.74, 6) is -2.16. The molecule has 0 amide bonds. The number of Topliss-reactive ketones (excluding diaryl/α,β-unsaturated/α-hetero) is 1. The van der Waals surface area contributed by atoms with E-state index in [2.05, 4.69) is 0 Å². The quantitative estimate of drug-likeness (QED) is 0.826. The van der Waals surface area contributed by atoms with Gasteiger partial charge in [0.25, 0.3) is 0 Å². The highest BCUT2D eigenvalue weighted by atomic mass is 35.5. The maximum Gasteiger partial charge on any atom is 0.303 e. The summed E-state index contributed by atoms with van der Waals surface area (Å²) in [7, 11) is 0. The van der Waals surface area contributed by atoms with Crippen molar-refractivity contribution in [2.45, 2.75) is 19.8 Å². The molecule has 0 aliphatic carbocycles. The summed E-state index contributed by atoms with van der Waals surface area (Å²) in [6, 6.07) is 3.81. The highest BCUT2D eigenvalue weighted by molar-refractivity contribution is 6.30. The Morgan fingerprint density at radius 1 is 1.41 bits per heavy atom. The minimum atomic E-state index is -0.951. The molecule has 1 atom stereocenters. The number of rotatable bonds is 5. The Bertz CT molecular complexity index is 445. The van der Waals surface area contributed by atoms with Crippen molar-refractivity contribution in [2.24, 2.45) is 5.92 Å². The predicted molar refractivity (Wildman–Crippen MR) is 61.8 cm³/mol. The Hall–Kier alpha value is -1.42. The Balaban J connectivity index is 2.70. The van der Waals surface area contributed by atoms with Gasteiger partial charge in [0.05, 0.1) is 5.02 Å². The first-order valence-corrected chi connectivity index (χ1v) is 5.48. The van der Waals surface area contributed by atoms with Crippen molar-refractivity contribution < 1.29 is 19.1 Å². The zero-order valence-electron chi connectivity index (χ0n) is 9.24. The number of carboxylic acids is 1. The Morgan fingerprint density at radius 3 is 2.59 bits per heavy atom. The number of carbonyl (C=O) groups excluding carboxylic acids is 1. The predicted octanol–water partition coefficient (Wildman–Crippen LogP) is 3.16. The summed E-state index contributed by atoms with van der Waals surface area (Å²) in [5, 5.41) is 8.52. The molecule has 92 valence electrons. The van der Waals surface area contributed by atoms with Crippen molar-refractivity contribution in [3.8, 4) is 0 Å². The summed E-state index contributed by atoms with van der Waals surface area (Å²) >= 11 is 5.50. The van der Waals surface area contributed by atoms with Gasteiger partial charge in [0.15, 0.2) is 5.78 Å². The van der Waals surface area contributed by atoms with E-state index in [4.69, 9.17) is 16.7 Å². The fourth-order valence-electron chi connectivity index (χ4n) is 1.47. The summed E-state index contributed by atoms with van der Waals surface area (Å²) in [4.78, 5) is 22.1. The lowest BCUT2D eigenvalue weighted by Gasteiger charge is -2.07. The molecule has 3 nitrogen and oxygen atoms in total. The zero-order chi connectivity index (χ0) is 13.0. The van der Waals surface area contributed by atoms with Crippen LogP contribution in [0.5, 0.6) is 0 Å². The van der Waals surface area contributed by atoms with E-state index in [-0.39, 0.29) is 35.1 Å². The van der Waals surface area contributed by atoms with Crippen LogP contribution in [-0.2, 0) is 4.79 Å². The Kier molecular flexibility index (Phi) is 4.63. The molecular weight excluding hydrogens is 247 g/mol. The largest absolute Gasteiger partial charge is 0.481 e. The molecule has 0 aliphatic heterocycles. The van der Waals surface area contributed by atoms with Crippen LogP contribution in [0.2, 0.25) is 5.02 Å². The number of carbonyl (C=O) groups is 2. The van der Waals surface area contributed by atoms with Crippen LogP contribution < -0.4 is 0 Å². The van der Waals surface area contributed by atoms with Crippen molar-refractivity contribution in [3.05, 3.63) is 34.6 Å². The molecule has 17 heavy (non-hydrogen) atoms. The van der Waals surface area contributed by atoms with Crippen LogP contribution in [0, 0.1) is 11.7 Å². The second-order valence-electron chi connectivity index (χ2n) is 3.96. The van der Waals surface area contributed by atoms with Gasteiger partial charge in [-0.2, -0.15) is 0 Å². The van der Waals surface area contributed by atoms with Gasteiger partial charge in [-0.05, 0) is 24.1 Å². The minimum absolute atomic E-state index is 0.0415. The van der Waals surface area contributed by atoms with Crippen LogP contribution in [0.15, 0.2) is 18.2 Å². The number of carboxylic acid groups (broad SMARTS) is 1. The van der Waals surface area contributed by atoms with Crippen molar-refractivity contribution in [3.63, 3.8) is 0 Å². The fourth-order valence-corrected chi connectivity index (χ4v) is 1.59. The third-order valence-corrected chi connectivity index (χ3v) is 2.61. The maximum absolute atomic E-state index is 13.1. The first-order valence-electron chi connectivity index (χ1n) is 5.10. The topological polar surface area (TPSA) is 54.4 Å². The number of hydrogen-bond donors (Lipinski definition) is 1. The minimum Gasteiger partial charge on any atom is -0.481 e. The molecule has 0 aromatic heterocycles. The van der Waals surface area contributed by atoms with E-state index in [1.807, 2.05) is 0 Å². The van der Waals surface area contributed by atoms with Gasteiger partial charge in [-0.3, -0.25) is 9.59 Å². The summed E-state index contributed by atoms with van der Waals surface area (Å²) in [6.07, 6.45) is -0.00478. The third-order valence-electron chi connectivity index (χ3n) is 2.30. The van der Waals surface area contributed by atoms with Crippen LogP contribution in [0.4, 0.5) is 4.39 Å². The smallest absolute Gasteiger partial charge is 0.303 e. The molecule has 1 N–H and O–H groups in total. The number of ketones is 1. The van der Waals surface area contributed by atoms with Crippen LogP contribution >= 0.6 is 11.6 Å². The van der Waals surface area contributed by atoms with E-state index in [1.165, 1.54) is 12.1 Å². The molecule has 0 aliphatic rings. The molecule has 1 rings (SSSR count). The lowest BCUT2D eigenvalue weighted by molar-refractivity contribution is -0.137. The molecule has 0 radical (unpaired) electrons. The molecular formula is C12H12ClFO3. The first kappa shape index (κ1) is 13.6. The molecule has 0 heterocycles. The van der Waals surface area contributed by atoms with E-state index >= 15 is 0 Å². The van der Waals surface area contributed by atoms with E-state index in [1.54, 1.807) is 6.92 Å². The summed E-state index contributed by atoms with van der Waals surface area (Å²) in [6.45, 7) is 1.66. The standard InChI is InChI=1S/C12H12ClFO3/c1-7(5-12(16)17)4-11(15)8-2-3-9(13)10(14)6-8/h2-3,6-7H,4-5H2,1H3,(H,16,17)/t7-/m0/s1. The molecule has 5 heteroatoms. The molecule has 0 bridgehead atoms. The average molecular weight is 259 g/mol. The lowest BCUT2D eigenvalue weighted by atomic mass is 9.97. The van der Waals surface area contributed by atoms with Crippen molar-refractivity contribution in [1.82, 2.24) is 0 Å². The van der Waals surface area contributed by atoms with E-state index in [0.29, 0.717) is 0 Å². The van der Waals surface area contributed by atoms with Crippen molar-refractivity contribution in [1.29, 1.82) is 0 Å². The second-order valence-corrected chi connectivity index (χ2v) is 4.37. The van der Waals surface area contributed by atoms with Gasteiger partial charge in [0.2, 0.25) is 0 Å². The van der Waals surface area contributed by atoms with Gasteiger partial charge in [-0.25, -0.2) is 4.39 Å². The number of hydrogen-bond acceptors (Lipinski definition) is 2. The maximum atomic E-state index is 13.1. The van der Waals surface area contributed by atoms with Gasteiger partial charge in [0, 0.05) is 18.4 Å². The normalized spacial score (nSPS) is 12.2. The molecule has 0 fully saturated rings. The number of benzene rings is 1. The molecule has 0 unspecified atom stereocenters. The van der Waals surface area contributed by atoms with Crippen molar-refractivity contribution >= 4 is 23.4 Å². The summed E-state index contributed by atoms with van der Waals surface area (Å²) < 4.78 is 13.1. The fraction of sp³-hybridized carbons (Fsp3) is 0.333. The SMILES string of the molecule is C[C@H](CC(=O)O)CC(=O)c1ccc(Cl)c(F)c1. The number of aliphatic carboxylic acids is 1. The Morgan fingerprint density at radius 2 is 2.06 bits per heavy atom. The van der Waals surface area contributed by atoms with E-state index < -0.39 is 11.8 Å². The van der Waals surface area contributed by atoms with Gasteiger partial charge in [-0.15, -0.1) is 0 Å². The summed E-state index contributed by atoms with van der Waals surface area (Å²) in [5.41, 5.74) is 0.212. The van der Waals surface area contributed by atoms with Crippen molar-refractivity contribution in [2.75, 3.05) is 0 Å².